The highest BCUT2D eigenvalue weighted by Crippen LogP contribution is 2.44. The quantitative estimate of drug-likeness (QED) is 0.260. The van der Waals surface area contributed by atoms with E-state index in [1.807, 2.05) is 24.3 Å². The number of benzene rings is 4. The Hall–Kier alpha value is -4.32. The molecule has 2 heterocycles. The predicted molar refractivity (Wildman–Crippen MR) is 145 cm³/mol. The lowest BCUT2D eigenvalue weighted by atomic mass is 9.89. The Morgan fingerprint density at radius 2 is 0.947 bits per heavy atom. The van der Waals surface area contributed by atoms with Crippen molar-refractivity contribution in [2.75, 3.05) is 27.8 Å². The summed E-state index contributed by atoms with van der Waals surface area (Å²) in [5, 5.41) is 0. The van der Waals surface area contributed by atoms with Crippen molar-refractivity contribution in [1.82, 2.24) is 0 Å². The number of aryl methyl sites for hydroxylation is 4. The number of hydrogen-bond acceptors (Lipinski definition) is 6. The summed E-state index contributed by atoms with van der Waals surface area (Å²) >= 11 is 0. The fraction of sp³-hybridized carbons (Fsp3) is 0.250. The van der Waals surface area contributed by atoms with Gasteiger partial charge in [-0.3, -0.25) is 0 Å². The van der Waals surface area contributed by atoms with Gasteiger partial charge in [0.1, 0.15) is 11.5 Å². The van der Waals surface area contributed by atoms with E-state index in [2.05, 4.69) is 48.5 Å². The van der Waals surface area contributed by atoms with Gasteiger partial charge in [0.05, 0.1) is 14.2 Å². The van der Waals surface area contributed by atoms with Gasteiger partial charge in [0.15, 0.2) is 23.0 Å². The van der Waals surface area contributed by atoms with Gasteiger partial charge < -0.3 is 28.4 Å². The first-order valence-corrected chi connectivity index (χ1v) is 12.8. The summed E-state index contributed by atoms with van der Waals surface area (Å²) in [4.78, 5) is 0. The second kappa shape index (κ2) is 10.6. The highest BCUT2D eigenvalue weighted by molar-refractivity contribution is 5.77. The van der Waals surface area contributed by atoms with Gasteiger partial charge >= 0.3 is 0 Å². The van der Waals surface area contributed by atoms with Gasteiger partial charge in [-0.1, -0.05) is 24.3 Å². The smallest absolute Gasteiger partial charge is 0.231 e. The lowest BCUT2D eigenvalue weighted by Gasteiger charge is -2.17. The zero-order valence-corrected chi connectivity index (χ0v) is 21.6. The molecule has 0 radical (unpaired) electrons. The molecule has 0 aliphatic carbocycles. The Morgan fingerprint density at radius 1 is 0.526 bits per heavy atom. The highest BCUT2D eigenvalue weighted by atomic mass is 16.7. The molecule has 6 heteroatoms. The van der Waals surface area contributed by atoms with Crippen molar-refractivity contribution in [3.8, 4) is 45.6 Å². The first kappa shape index (κ1) is 24.0. The second-order valence-electron chi connectivity index (χ2n) is 9.43. The minimum Gasteiger partial charge on any atom is -0.497 e. The monoisotopic (exact) mass is 510 g/mol. The average Bonchev–Trinajstić information content (AvgIpc) is 3.62. The van der Waals surface area contributed by atoms with E-state index < -0.39 is 0 Å². The van der Waals surface area contributed by atoms with Gasteiger partial charge in [-0.05, 0) is 108 Å². The summed E-state index contributed by atoms with van der Waals surface area (Å²) in [6.07, 6.45) is 3.41. The van der Waals surface area contributed by atoms with Crippen LogP contribution in [0.2, 0.25) is 0 Å². The fourth-order valence-corrected chi connectivity index (χ4v) is 5.10. The molecular weight excluding hydrogens is 480 g/mol. The molecule has 0 fully saturated rings. The lowest BCUT2D eigenvalue weighted by Crippen LogP contribution is -2.00. The number of fused-ring (bicyclic) bond motifs is 2. The van der Waals surface area contributed by atoms with Crippen LogP contribution >= 0.6 is 0 Å². The molecule has 194 valence electrons. The van der Waals surface area contributed by atoms with Crippen LogP contribution in [0.25, 0.3) is 11.1 Å². The van der Waals surface area contributed by atoms with Gasteiger partial charge in [-0.25, -0.2) is 0 Å². The van der Waals surface area contributed by atoms with Crippen LogP contribution in [0, 0.1) is 0 Å². The average molecular weight is 511 g/mol. The molecule has 2 aliphatic rings. The molecule has 0 aromatic heterocycles. The van der Waals surface area contributed by atoms with Crippen molar-refractivity contribution in [3.05, 3.63) is 95.1 Å². The van der Waals surface area contributed by atoms with Gasteiger partial charge in [-0.15, -0.1) is 0 Å². The molecule has 6 nitrogen and oxygen atoms in total. The van der Waals surface area contributed by atoms with Crippen LogP contribution in [-0.2, 0) is 25.7 Å². The Labute approximate surface area is 222 Å². The summed E-state index contributed by atoms with van der Waals surface area (Å²) in [7, 11) is 3.39. The topological polar surface area (TPSA) is 55.4 Å². The van der Waals surface area contributed by atoms with E-state index in [1.165, 1.54) is 22.3 Å². The third-order valence-electron chi connectivity index (χ3n) is 7.12. The zero-order valence-electron chi connectivity index (χ0n) is 21.6. The molecular formula is C32H30O6. The van der Waals surface area contributed by atoms with Crippen LogP contribution in [0.3, 0.4) is 0 Å². The van der Waals surface area contributed by atoms with Crippen LogP contribution in [-0.4, -0.2) is 27.8 Å². The predicted octanol–water partition coefficient (Wildman–Crippen LogP) is 6.40. The summed E-state index contributed by atoms with van der Waals surface area (Å²) < 4.78 is 33.9. The van der Waals surface area contributed by atoms with E-state index in [0.29, 0.717) is 0 Å². The molecule has 0 bridgehead atoms. The van der Waals surface area contributed by atoms with Crippen molar-refractivity contribution >= 4 is 0 Å². The standard InChI is InChI=1S/C32H30O6/c1-33-25-7-3-5-21(13-25)9-11-23-15-29-31(37-19-35-29)17-27(23)28-18-32-30(36-20-38-32)16-24(28)12-10-22-6-4-8-26(14-22)34-2/h3-8,13-18H,9-12,19-20H2,1-2H3. The summed E-state index contributed by atoms with van der Waals surface area (Å²) in [5.41, 5.74) is 7.07. The van der Waals surface area contributed by atoms with Gasteiger partial charge in [0, 0.05) is 0 Å². The summed E-state index contributed by atoms with van der Waals surface area (Å²) in [5.74, 6) is 4.83. The van der Waals surface area contributed by atoms with Gasteiger partial charge in [-0.2, -0.15) is 0 Å². The SMILES string of the molecule is COc1cccc(CCc2cc3c(cc2-c2cc4c(cc2CCc2cccc(OC)c2)OCO4)OCO3)c1. The van der Waals surface area contributed by atoms with Gasteiger partial charge in [0.25, 0.3) is 0 Å². The fourth-order valence-electron chi connectivity index (χ4n) is 5.10. The molecule has 0 saturated heterocycles. The minimum atomic E-state index is 0.234. The van der Waals surface area contributed by atoms with Crippen molar-refractivity contribution in [2.24, 2.45) is 0 Å². The van der Waals surface area contributed by atoms with E-state index >= 15 is 0 Å². The molecule has 0 spiro atoms. The summed E-state index contributed by atoms with van der Waals surface area (Å²) in [6, 6.07) is 24.9. The van der Waals surface area contributed by atoms with Crippen LogP contribution in [0.15, 0.2) is 72.8 Å². The molecule has 0 saturated carbocycles. The van der Waals surface area contributed by atoms with E-state index in [1.54, 1.807) is 14.2 Å². The minimum absolute atomic E-state index is 0.234. The number of ether oxygens (including phenoxy) is 6. The Morgan fingerprint density at radius 3 is 1.37 bits per heavy atom. The maximum atomic E-state index is 5.79. The van der Waals surface area contributed by atoms with Crippen molar-refractivity contribution in [1.29, 1.82) is 0 Å². The molecule has 38 heavy (non-hydrogen) atoms. The van der Waals surface area contributed by atoms with E-state index in [0.717, 1.165) is 71.3 Å². The number of rotatable bonds is 9. The third kappa shape index (κ3) is 4.94. The number of hydrogen-bond donors (Lipinski definition) is 0. The largest absolute Gasteiger partial charge is 0.497 e. The normalized spacial score (nSPS) is 13.0. The van der Waals surface area contributed by atoms with Crippen molar-refractivity contribution in [2.45, 2.75) is 25.7 Å². The van der Waals surface area contributed by atoms with E-state index in [9.17, 15) is 0 Å². The van der Waals surface area contributed by atoms with E-state index in [-0.39, 0.29) is 13.6 Å². The Bertz CT molecular complexity index is 1350. The van der Waals surface area contributed by atoms with Gasteiger partial charge in [0.2, 0.25) is 13.6 Å². The molecule has 6 rings (SSSR count). The van der Waals surface area contributed by atoms with Crippen LogP contribution < -0.4 is 28.4 Å². The van der Waals surface area contributed by atoms with Crippen LogP contribution in [0.4, 0.5) is 0 Å². The maximum Gasteiger partial charge on any atom is 0.231 e. The second-order valence-corrected chi connectivity index (χ2v) is 9.43. The summed E-state index contributed by atoms with van der Waals surface area (Å²) in [6.45, 7) is 0.468. The van der Waals surface area contributed by atoms with Crippen LogP contribution in [0.1, 0.15) is 22.3 Å². The highest BCUT2D eigenvalue weighted by Gasteiger charge is 2.23. The van der Waals surface area contributed by atoms with Crippen molar-refractivity contribution < 1.29 is 28.4 Å². The lowest BCUT2D eigenvalue weighted by molar-refractivity contribution is 0.173. The molecule has 0 N–H and O–H groups in total. The zero-order chi connectivity index (χ0) is 25.9. The molecule has 0 atom stereocenters. The molecule has 2 aliphatic heterocycles. The van der Waals surface area contributed by atoms with E-state index in [4.69, 9.17) is 28.4 Å². The third-order valence-corrected chi connectivity index (χ3v) is 7.12. The molecule has 4 aromatic carbocycles. The maximum absolute atomic E-state index is 5.79. The first-order valence-electron chi connectivity index (χ1n) is 12.8. The number of methoxy groups -OCH3 is 2. The Balaban J connectivity index is 1.37. The molecule has 0 amide bonds. The molecule has 4 aromatic rings. The molecule has 0 unspecified atom stereocenters. The van der Waals surface area contributed by atoms with Crippen LogP contribution in [0.5, 0.6) is 34.5 Å². The Kier molecular flexibility index (Phi) is 6.69. The first-order chi connectivity index (χ1) is 18.7. The van der Waals surface area contributed by atoms with Crippen molar-refractivity contribution in [3.63, 3.8) is 0 Å².